The van der Waals surface area contributed by atoms with Crippen LogP contribution in [-0.4, -0.2) is 33.0 Å². The van der Waals surface area contributed by atoms with Crippen LogP contribution in [0.25, 0.3) is 22.2 Å². The van der Waals surface area contributed by atoms with Crippen LogP contribution in [-0.2, 0) is 0 Å². The number of fused-ring (bicyclic) bond motifs is 1. The summed E-state index contributed by atoms with van der Waals surface area (Å²) in [6.45, 7) is 1.92. The van der Waals surface area contributed by atoms with E-state index in [9.17, 15) is 4.79 Å². The Morgan fingerprint density at radius 3 is 2.63 bits per heavy atom. The molecule has 0 aliphatic carbocycles. The number of pyridine rings is 2. The van der Waals surface area contributed by atoms with Crippen LogP contribution in [0.5, 0.6) is 0 Å². The fourth-order valence-electron chi connectivity index (χ4n) is 3.02. The molecule has 0 saturated carbocycles. The van der Waals surface area contributed by atoms with Crippen molar-refractivity contribution in [3.63, 3.8) is 0 Å². The van der Waals surface area contributed by atoms with Crippen LogP contribution in [0.15, 0.2) is 71.7 Å². The first-order chi connectivity index (χ1) is 13.1. The third-order valence-corrected chi connectivity index (χ3v) is 4.71. The summed E-state index contributed by atoms with van der Waals surface area (Å²) in [6.07, 6.45) is 4.94. The van der Waals surface area contributed by atoms with Gasteiger partial charge in [-0.2, -0.15) is 0 Å². The number of hydrogen-bond donors (Lipinski definition) is 0. The molecule has 3 aromatic heterocycles. The predicted molar refractivity (Wildman–Crippen MR) is 102 cm³/mol. The number of para-hydroxylation sites is 1. The molecule has 1 atom stereocenters. The summed E-state index contributed by atoms with van der Waals surface area (Å²) < 4.78 is 4.91. The monoisotopic (exact) mass is 358 g/mol. The van der Waals surface area contributed by atoms with Gasteiger partial charge in [-0.3, -0.25) is 9.78 Å². The number of nitrogens with zero attached hydrogens (tertiary/aromatic N) is 4. The lowest BCUT2D eigenvalue weighted by Gasteiger charge is -2.24. The van der Waals surface area contributed by atoms with Crippen molar-refractivity contribution in [3.05, 3.63) is 78.4 Å². The van der Waals surface area contributed by atoms with E-state index < -0.39 is 0 Å². The van der Waals surface area contributed by atoms with Gasteiger partial charge in [0.15, 0.2) is 0 Å². The van der Waals surface area contributed by atoms with Gasteiger partial charge in [0.2, 0.25) is 0 Å². The molecule has 1 aromatic carbocycles. The lowest BCUT2D eigenvalue weighted by molar-refractivity contribution is 0.0739. The maximum Gasteiger partial charge on any atom is 0.254 e. The molecule has 6 heteroatoms. The van der Waals surface area contributed by atoms with Gasteiger partial charge in [-0.25, -0.2) is 4.98 Å². The lowest BCUT2D eigenvalue weighted by Crippen LogP contribution is -2.30. The Labute approximate surface area is 156 Å². The Balaban J connectivity index is 1.81. The minimum absolute atomic E-state index is 0.0978. The molecule has 134 valence electrons. The Bertz CT molecular complexity index is 1080. The van der Waals surface area contributed by atoms with E-state index in [1.54, 1.807) is 30.4 Å². The van der Waals surface area contributed by atoms with Crippen molar-refractivity contribution in [1.29, 1.82) is 0 Å². The summed E-state index contributed by atoms with van der Waals surface area (Å²) in [5.74, 6) is -0.0978. The standard InChI is InChI=1S/C21H18N4O2/c1-14(18-9-12-27-24-18)25(2)21(26)17-13-20(15-7-10-22-11-8-15)23-19-6-4-3-5-16(17)19/h3-14H,1-2H3. The zero-order chi connectivity index (χ0) is 18.8. The van der Waals surface area contributed by atoms with Gasteiger partial charge in [-0.1, -0.05) is 23.4 Å². The molecule has 1 unspecified atom stereocenters. The molecule has 4 aromatic rings. The largest absolute Gasteiger partial charge is 0.364 e. The van der Waals surface area contributed by atoms with Crippen LogP contribution in [0.3, 0.4) is 0 Å². The molecule has 4 rings (SSSR count). The van der Waals surface area contributed by atoms with E-state index in [0.29, 0.717) is 11.3 Å². The molecule has 3 heterocycles. The first-order valence-electron chi connectivity index (χ1n) is 8.63. The zero-order valence-corrected chi connectivity index (χ0v) is 15.0. The summed E-state index contributed by atoms with van der Waals surface area (Å²) in [5.41, 5.74) is 3.74. The van der Waals surface area contributed by atoms with Crippen LogP contribution in [0.1, 0.15) is 29.0 Å². The van der Waals surface area contributed by atoms with Crippen molar-refractivity contribution in [3.8, 4) is 11.3 Å². The molecule has 27 heavy (non-hydrogen) atoms. The smallest absolute Gasteiger partial charge is 0.254 e. The highest BCUT2D eigenvalue weighted by Crippen LogP contribution is 2.27. The van der Waals surface area contributed by atoms with Gasteiger partial charge in [0.25, 0.3) is 5.91 Å². The fourth-order valence-corrected chi connectivity index (χ4v) is 3.02. The Morgan fingerprint density at radius 1 is 1.11 bits per heavy atom. The van der Waals surface area contributed by atoms with E-state index in [1.807, 2.05) is 49.4 Å². The van der Waals surface area contributed by atoms with Gasteiger partial charge >= 0.3 is 0 Å². The molecule has 1 amide bonds. The Kier molecular flexibility index (Phi) is 4.38. The number of aromatic nitrogens is 3. The Hall–Kier alpha value is -3.54. The SMILES string of the molecule is CC(c1ccon1)N(C)C(=O)c1cc(-c2ccncc2)nc2ccccc12. The topological polar surface area (TPSA) is 72.1 Å². The van der Waals surface area contributed by atoms with E-state index in [0.717, 1.165) is 22.2 Å². The van der Waals surface area contributed by atoms with Gasteiger partial charge in [0, 0.05) is 36.5 Å². The third kappa shape index (κ3) is 3.17. The van der Waals surface area contributed by atoms with Crippen molar-refractivity contribution in [2.45, 2.75) is 13.0 Å². The maximum absolute atomic E-state index is 13.3. The lowest BCUT2D eigenvalue weighted by atomic mass is 10.0. The normalized spacial score (nSPS) is 12.1. The number of carbonyl (C=O) groups is 1. The van der Waals surface area contributed by atoms with Gasteiger partial charge in [-0.05, 0) is 31.2 Å². The number of rotatable bonds is 4. The van der Waals surface area contributed by atoms with Crippen LogP contribution in [0.2, 0.25) is 0 Å². The number of hydrogen-bond acceptors (Lipinski definition) is 5. The van der Waals surface area contributed by atoms with Crippen LogP contribution >= 0.6 is 0 Å². The maximum atomic E-state index is 13.3. The quantitative estimate of drug-likeness (QED) is 0.549. The summed E-state index contributed by atoms with van der Waals surface area (Å²) in [4.78, 5) is 23.7. The van der Waals surface area contributed by atoms with Gasteiger partial charge in [0.1, 0.15) is 12.0 Å². The van der Waals surface area contributed by atoms with Gasteiger partial charge < -0.3 is 9.42 Å². The highest BCUT2D eigenvalue weighted by molar-refractivity contribution is 6.07. The van der Waals surface area contributed by atoms with Crippen LogP contribution in [0, 0.1) is 0 Å². The summed E-state index contributed by atoms with van der Waals surface area (Å²) in [6, 6.07) is 14.8. The van der Waals surface area contributed by atoms with E-state index in [2.05, 4.69) is 10.1 Å². The number of benzene rings is 1. The second-order valence-corrected chi connectivity index (χ2v) is 6.32. The van der Waals surface area contributed by atoms with E-state index in [-0.39, 0.29) is 11.9 Å². The van der Waals surface area contributed by atoms with Gasteiger partial charge in [-0.15, -0.1) is 0 Å². The molecule has 0 bridgehead atoms. The molecule has 0 spiro atoms. The van der Waals surface area contributed by atoms with Crippen molar-refractivity contribution in [1.82, 2.24) is 20.0 Å². The fraction of sp³-hybridized carbons (Fsp3) is 0.143. The third-order valence-electron chi connectivity index (χ3n) is 4.71. The second kappa shape index (κ2) is 6.99. The van der Waals surface area contributed by atoms with Crippen molar-refractivity contribution in [2.75, 3.05) is 7.05 Å². The molecule has 0 fully saturated rings. The predicted octanol–water partition coefficient (Wildman–Crippen LogP) is 4.12. The molecule has 6 nitrogen and oxygen atoms in total. The number of carbonyl (C=O) groups excluding carboxylic acids is 1. The Morgan fingerprint density at radius 2 is 1.89 bits per heavy atom. The summed E-state index contributed by atoms with van der Waals surface area (Å²) >= 11 is 0. The first kappa shape index (κ1) is 16.9. The molecule has 0 aliphatic rings. The van der Waals surface area contributed by atoms with Crippen molar-refractivity contribution >= 4 is 16.8 Å². The average Bonchev–Trinajstić information content (AvgIpc) is 3.27. The molecule has 0 N–H and O–H groups in total. The molecule has 0 radical (unpaired) electrons. The first-order valence-corrected chi connectivity index (χ1v) is 8.63. The van der Waals surface area contributed by atoms with Crippen molar-refractivity contribution < 1.29 is 9.32 Å². The van der Waals surface area contributed by atoms with E-state index in [4.69, 9.17) is 9.51 Å². The second-order valence-electron chi connectivity index (χ2n) is 6.32. The molecule has 0 aliphatic heterocycles. The average molecular weight is 358 g/mol. The molecular weight excluding hydrogens is 340 g/mol. The molecular formula is C21H18N4O2. The minimum atomic E-state index is -0.215. The zero-order valence-electron chi connectivity index (χ0n) is 15.0. The number of amides is 1. The van der Waals surface area contributed by atoms with Crippen LogP contribution in [0.4, 0.5) is 0 Å². The highest BCUT2D eigenvalue weighted by atomic mass is 16.5. The summed E-state index contributed by atoms with van der Waals surface area (Å²) in [7, 11) is 1.77. The van der Waals surface area contributed by atoms with Crippen LogP contribution < -0.4 is 0 Å². The van der Waals surface area contributed by atoms with Gasteiger partial charge in [0.05, 0.1) is 22.8 Å². The van der Waals surface area contributed by atoms with Crippen molar-refractivity contribution in [2.24, 2.45) is 0 Å². The minimum Gasteiger partial charge on any atom is -0.364 e. The highest BCUT2D eigenvalue weighted by Gasteiger charge is 2.23. The van der Waals surface area contributed by atoms with E-state index >= 15 is 0 Å². The summed E-state index contributed by atoms with van der Waals surface area (Å²) in [5, 5.41) is 4.77. The molecule has 0 saturated heterocycles. The van der Waals surface area contributed by atoms with E-state index in [1.165, 1.54) is 6.26 Å².